The zero-order valence-electron chi connectivity index (χ0n) is 27.3. The van der Waals surface area contributed by atoms with Gasteiger partial charge in [0, 0.05) is 33.4 Å². The molecule has 0 aliphatic heterocycles. The molecule has 0 fully saturated rings. The number of hydrogen-bond acceptors (Lipinski definition) is 4. The molecule has 50 heavy (non-hydrogen) atoms. The van der Waals surface area contributed by atoms with E-state index in [9.17, 15) is 0 Å². The van der Waals surface area contributed by atoms with Crippen LogP contribution < -0.4 is 0 Å². The summed E-state index contributed by atoms with van der Waals surface area (Å²) >= 11 is 0. The molecule has 2 heterocycles. The second-order valence-electron chi connectivity index (χ2n) is 12.6. The van der Waals surface area contributed by atoms with Crippen molar-refractivity contribution < 1.29 is 0 Å². The van der Waals surface area contributed by atoms with Crippen molar-refractivity contribution >= 4 is 32.8 Å². The number of hydrogen-bond donors (Lipinski definition) is 0. The summed E-state index contributed by atoms with van der Waals surface area (Å²) < 4.78 is 0. The van der Waals surface area contributed by atoms with Gasteiger partial charge in [0.15, 0.2) is 17.5 Å². The van der Waals surface area contributed by atoms with Gasteiger partial charge in [-0.15, -0.1) is 0 Å². The predicted molar refractivity (Wildman–Crippen MR) is 205 cm³/mol. The van der Waals surface area contributed by atoms with Crippen LogP contribution in [-0.4, -0.2) is 19.9 Å². The maximum absolute atomic E-state index is 5.34. The summed E-state index contributed by atoms with van der Waals surface area (Å²) in [5.74, 6) is 1.93. The van der Waals surface area contributed by atoms with Crippen molar-refractivity contribution in [1.82, 2.24) is 19.9 Å². The number of nitrogens with zero attached hydrogens (tertiary/aromatic N) is 4. The van der Waals surface area contributed by atoms with Gasteiger partial charge in [0.2, 0.25) is 0 Å². The molecule has 8 aromatic rings. The van der Waals surface area contributed by atoms with E-state index in [1.807, 2.05) is 60.7 Å². The quantitative estimate of drug-likeness (QED) is 0.170. The van der Waals surface area contributed by atoms with Crippen molar-refractivity contribution in [3.63, 3.8) is 0 Å². The third-order valence-corrected chi connectivity index (χ3v) is 9.46. The Labute approximate surface area is 291 Å². The number of para-hydroxylation sites is 1. The first-order chi connectivity index (χ1) is 24.8. The van der Waals surface area contributed by atoms with Crippen molar-refractivity contribution in [3.05, 3.63) is 193 Å². The number of benzene rings is 6. The van der Waals surface area contributed by atoms with Gasteiger partial charge in [-0.05, 0) is 46.2 Å². The Morgan fingerprint density at radius 2 is 0.860 bits per heavy atom. The van der Waals surface area contributed by atoms with Crippen LogP contribution in [0.4, 0.5) is 0 Å². The molecule has 0 spiro atoms. The van der Waals surface area contributed by atoms with Crippen LogP contribution in [0.1, 0.15) is 29.4 Å². The fourth-order valence-electron chi connectivity index (χ4n) is 6.98. The van der Waals surface area contributed by atoms with E-state index in [1.54, 1.807) is 0 Å². The molecule has 1 unspecified atom stereocenters. The molecule has 2 aromatic heterocycles. The molecule has 0 saturated heterocycles. The minimum absolute atomic E-state index is 0.00887. The molecule has 0 amide bonds. The number of allylic oxidation sites excluding steroid dienone is 4. The van der Waals surface area contributed by atoms with Crippen LogP contribution in [0.3, 0.4) is 0 Å². The van der Waals surface area contributed by atoms with E-state index in [0.717, 1.165) is 45.1 Å². The van der Waals surface area contributed by atoms with Crippen LogP contribution in [0, 0.1) is 0 Å². The molecule has 0 N–H and O–H groups in total. The Bertz CT molecular complexity index is 2480. The zero-order chi connectivity index (χ0) is 33.3. The zero-order valence-corrected chi connectivity index (χ0v) is 27.3. The van der Waals surface area contributed by atoms with Crippen molar-refractivity contribution in [2.45, 2.75) is 12.3 Å². The van der Waals surface area contributed by atoms with Gasteiger partial charge >= 0.3 is 0 Å². The van der Waals surface area contributed by atoms with E-state index in [4.69, 9.17) is 19.9 Å². The summed E-state index contributed by atoms with van der Waals surface area (Å²) in [5.41, 5.74) is 9.70. The molecular weight excluding hydrogens is 609 g/mol. The van der Waals surface area contributed by atoms with Gasteiger partial charge in [0.25, 0.3) is 0 Å². The van der Waals surface area contributed by atoms with E-state index < -0.39 is 0 Å². The van der Waals surface area contributed by atoms with Gasteiger partial charge in [0.1, 0.15) is 0 Å². The molecule has 4 heteroatoms. The normalized spacial score (nSPS) is 14.4. The SMILES string of the molecule is C1=C(c2ccc(-c3ccccc3)cc2)CC(c2nc3ccccc3c3ccccc23)C=C1c1nc(-c2ccccc2)nc(-c2ccccc2)n1. The van der Waals surface area contributed by atoms with E-state index in [-0.39, 0.29) is 5.92 Å². The van der Waals surface area contributed by atoms with Crippen LogP contribution in [-0.2, 0) is 0 Å². The van der Waals surface area contributed by atoms with Crippen molar-refractivity contribution in [3.8, 4) is 33.9 Å². The largest absolute Gasteiger partial charge is 0.252 e. The first-order valence-electron chi connectivity index (χ1n) is 17.0. The lowest BCUT2D eigenvalue weighted by Crippen LogP contribution is -2.09. The van der Waals surface area contributed by atoms with Crippen LogP contribution in [0.25, 0.3) is 66.7 Å². The van der Waals surface area contributed by atoms with E-state index in [1.165, 1.54) is 27.6 Å². The molecule has 4 nitrogen and oxygen atoms in total. The van der Waals surface area contributed by atoms with Gasteiger partial charge in [0.05, 0.1) is 11.2 Å². The average Bonchev–Trinajstić information content (AvgIpc) is 3.21. The Morgan fingerprint density at radius 3 is 1.50 bits per heavy atom. The highest BCUT2D eigenvalue weighted by atomic mass is 15.0. The second kappa shape index (κ2) is 12.8. The lowest BCUT2D eigenvalue weighted by molar-refractivity contribution is 0.844. The summed E-state index contributed by atoms with van der Waals surface area (Å²) in [7, 11) is 0. The number of rotatable bonds is 6. The predicted octanol–water partition coefficient (Wildman–Crippen LogP) is 11.2. The van der Waals surface area contributed by atoms with Gasteiger partial charge in [-0.25, -0.2) is 15.0 Å². The minimum Gasteiger partial charge on any atom is -0.252 e. The molecule has 0 saturated carbocycles. The average molecular weight is 641 g/mol. The summed E-state index contributed by atoms with van der Waals surface area (Å²) in [4.78, 5) is 20.5. The van der Waals surface area contributed by atoms with Gasteiger partial charge < -0.3 is 0 Å². The maximum Gasteiger partial charge on any atom is 0.164 e. The summed E-state index contributed by atoms with van der Waals surface area (Å²) in [5, 5.41) is 3.54. The second-order valence-corrected chi connectivity index (χ2v) is 12.6. The highest BCUT2D eigenvalue weighted by molar-refractivity contribution is 6.07. The summed E-state index contributed by atoms with van der Waals surface area (Å²) in [6.07, 6.45) is 5.37. The molecule has 1 aliphatic carbocycles. The highest BCUT2D eigenvalue weighted by Gasteiger charge is 2.25. The van der Waals surface area contributed by atoms with Crippen molar-refractivity contribution in [2.75, 3.05) is 0 Å². The monoisotopic (exact) mass is 640 g/mol. The summed E-state index contributed by atoms with van der Waals surface area (Å²) in [6.45, 7) is 0. The third kappa shape index (κ3) is 5.67. The molecule has 0 radical (unpaired) electrons. The van der Waals surface area contributed by atoms with E-state index in [2.05, 4.69) is 115 Å². The summed E-state index contributed by atoms with van der Waals surface area (Å²) in [6, 6.07) is 56.8. The first-order valence-corrected chi connectivity index (χ1v) is 17.0. The highest BCUT2D eigenvalue weighted by Crippen LogP contribution is 2.42. The lowest BCUT2D eigenvalue weighted by Gasteiger charge is -2.24. The molecule has 9 rings (SSSR count). The molecule has 1 aliphatic rings. The fourth-order valence-corrected chi connectivity index (χ4v) is 6.98. The molecule has 236 valence electrons. The number of fused-ring (bicyclic) bond motifs is 3. The molecule has 6 aromatic carbocycles. The van der Waals surface area contributed by atoms with Crippen LogP contribution in [0.2, 0.25) is 0 Å². The number of aromatic nitrogens is 4. The molecular formula is C46H32N4. The van der Waals surface area contributed by atoms with Crippen LogP contribution in [0.15, 0.2) is 176 Å². The van der Waals surface area contributed by atoms with Crippen molar-refractivity contribution in [1.29, 1.82) is 0 Å². The van der Waals surface area contributed by atoms with Crippen LogP contribution in [0.5, 0.6) is 0 Å². The standard InChI is InChI=1S/C46H32N4/c1-4-14-31(15-5-1)32-24-26-33(27-25-32)36-28-37(43-41-22-11-10-20-39(41)40-21-12-13-23-42(40)47-43)30-38(29-36)46-49-44(34-16-6-2-7-17-34)48-45(50-46)35-18-8-3-9-19-35/h1-27,29-30,37H,28H2. The molecule has 0 bridgehead atoms. The van der Waals surface area contributed by atoms with Crippen LogP contribution >= 0.6 is 0 Å². The van der Waals surface area contributed by atoms with E-state index in [0.29, 0.717) is 17.5 Å². The lowest BCUT2D eigenvalue weighted by atomic mass is 9.82. The Balaban J connectivity index is 1.24. The van der Waals surface area contributed by atoms with E-state index >= 15 is 0 Å². The third-order valence-electron chi connectivity index (χ3n) is 9.46. The first kappa shape index (κ1) is 29.6. The topological polar surface area (TPSA) is 51.6 Å². The molecule has 1 atom stereocenters. The Kier molecular flexibility index (Phi) is 7.60. The Hall–Kier alpha value is -6.52. The van der Waals surface area contributed by atoms with Gasteiger partial charge in [-0.1, -0.05) is 164 Å². The number of pyridine rings is 1. The van der Waals surface area contributed by atoms with Gasteiger partial charge in [-0.3, -0.25) is 4.98 Å². The van der Waals surface area contributed by atoms with Crippen molar-refractivity contribution in [2.24, 2.45) is 0 Å². The smallest absolute Gasteiger partial charge is 0.164 e. The minimum atomic E-state index is -0.00887. The Morgan fingerprint density at radius 1 is 0.380 bits per heavy atom. The van der Waals surface area contributed by atoms with Gasteiger partial charge in [-0.2, -0.15) is 0 Å². The fraction of sp³-hybridized carbons (Fsp3) is 0.0435. The maximum atomic E-state index is 5.34.